The number of likely N-dealkylation sites (tertiary alicyclic amines) is 1. The second kappa shape index (κ2) is 7.69. The Labute approximate surface area is 139 Å². The summed E-state index contributed by atoms with van der Waals surface area (Å²) >= 11 is 0. The average molecular weight is 335 g/mol. The highest BCUT2D eigenvalue weighted by molar-refractivity contribution is 5.92. The van der Waals surface area contributed by atoms with Crippen LogP contribution in [-0.2, 0) is 14.3 Å². The summed E-state index contributed by atoms with van der Waals surface area (Å²) in [5, 5.41) is 13.4. The van der Waals surface area contributed by atoms with Crippen molar-refractivity contribution >= 4 is 17.3 Å². The summed E-state index contributed by atoms with van der Waals surface area (Å²) in [7, 11) is 0. The molecule has 0 spiro atoms. The highest BCUT2D eigenvalue weighted by Gasteiger charge is 2.34. The minimum atomic E-state index is -0.467. The van der Waals surface area contributed by atoms with E-state index in [1.807, 2.05) is 0 Å². The Kier molecular flexibility index (Phi) is 5.39. The third-order valence-corrected chi connectivity index (χ3v) is 4.33. The van der Waals surface area contributed by atoms with Crippen molar-refractivity contribution in [1.82, 2.24) is 4.90 Å². The molecule has 2 fully saturated rings. The fourth-order valence-electron chi connectivity index (χ4n) is 3.17. The van der Waals surface area contributed by atoms with Crippen LogP contribution in [0.2, 0.25) is 0 Å². The number of carbonyl (C=O) groups excluding carboxylic acids is 1. The lowest BCUT2D eigenvalue weighted by molar-refractivity contribution is -0.384. The van der Waals surface area contributed by atoms with E-state index < -0.39 is 4.92 Å². The van der Waals surface area contributed by atoms with Gasteiger partial charge in [0.05, 0.1) is 30.7 Å². The number of anilines is 1. The van der Waals surface area contributed by atoms with Crippen LogP contribution in [0.15, 0.2) is 24.3 Å². The summed E-state index contributed by atoms with van der Waals surface area (Å²) in [5.74, 6) is -0.145. The van der Waals surface area contributed by atoms with E-state index in [9.17, 15) is 14.9 Å². The summed E-state index contributed by atoms with van der Waals surface area (Å²) < 4.78 is 11.2. The first kappa shape index (κ1) is 16.8. The van der Waals surface area contributed by atoms with Crippen LogP contribution in [0.25, 0.3) is 0 Å². The Balaban J connectivity index is 1.57. The molecule has 2 heterocycles. The quantitative estimate of drug-likeness (QED) is 0.651. The molecule has 1 aromatic rings. The van der Waals surface area contributed by atoms with Gasteiger partial charge in [-0.2, -0.15) is 0 Å². The lowest BCUT2D eigenvalue weighted by Crippen LogP contribution is -2.50. The van der Waals surface area contributed by atoms with Crippen molar-refractivity contribution in [3.05, 3.63) is 34.4 Å². The number of hydrogen-bond donors (Lipinski definition) is 1. The third kappa shape index (κ3) is 4.08. The number of piperidine rings is 1. The molecule has 0 radical (unpaired) electrons. The first-order valence-electron chi connectivity index (χ1n) is 8.15. The molecule has 3 rings (SSSR count). The molecule has 1 atom stereocenters. The standard InChI is InChI=1S/C16H21N3O5/c20-15(17-12-4-6-13(7-5-12)19(21)22)11-18-8-2-1-3-14(18)16-23-9-10-24-16/h4-7,14,16H,1-3,8-11H2,(H,17,20). The molecule has 1 amide bonds. The monoisotopic (exact) mass is 335 g/mol. The van der Waals surface area contributed by atoms with Gasteiger partial charge in [0.2, 0.25) is 5.91 Å². The maximum Gasteiger partial charge on any atom is 0.269 e. The Morgan fingerprint density at radius 2 is 1.96 bits per heavy atom. The average Bonchev–Trinajstić information content (AvgIpc) is 3.10. The molecule has 2 aliphatic heterocycles. The topological polar surface area (TPSA) is 93.9 Å². The minimum absolute atomic E-state index is 0.000348. The summed E-state index contributed by atoms with van der Waals surface area (Å²) in [4.78, 5) is 24.6. The zero-order valence-electron chi connectivity index (χ0n) is 13.3. The van der Waals surface area contributed by atoms with Crippen LogP contribution >= 0.6 is 0 Å². The van der Waals surface area contributed by atoms with Gasteiger partial charge in [0.1, 0.15) is 0 Å². The summed E-state index contributed by atoms with van der Waals surface area (Å²) in [5.41, 5.74) is 0.548. The molecule has 0 aromatic heterocycles. The molecule has 130 valence electrons. The van der Waals surface area contributed by atoms with Gasteiger partial charge in [0, 0.05) is 17.8 Å². The molecular weight excluding hydrogens is 314 g/mol. The van der Waals surface area contributed by atoms with Gasteiger partial charge < -0.3 is 14.8 Å². The van der Waals surface area contributed by atoms with Crippen molar-refractivity contribution in [2.45, 2.75) is 31.6 Å². The van der Waals surface area contributed by atoms with Gasteiger partial charge in [0.25, 0.3) is 5.69 Å². The van der Waals surface area contributed by atoms with E-state index in [0.29, 0.717) is 18.9 Å². The highest BCUT2D eigenvalue weighted by atomic mass is 16.7. The summed E-state index contributed by atoms with van der Waals surface area (Å²) in [6, 6.07) is 5.92. The number of benzene rings is 1. The second-order valence-corrected chi connectivity index (χ2v) is 6.00. The number of nitrogens with one attached hydrogen (secondary N) is 1. The van der Waals surface area contributed by atoms with Crippen LogP contribution in [0, 0.1) is 10.1 Å². The largest absolute Gasteiger partial charge is 0.349 e. The molecule has 1 aromatic carbocycles. The maximum atomic E-state index is 12.3. The number of non-ortho nitro benzene ring substituents is 1. The number of nitro benzene ring substituents is 1. The van der Waals surface area contributed by atoms with Crippen molar-refractivity contribution in [2.75, 3.05) is 31.6 Å². The van der Waals surface area contributed by atoms with E-state index >= 15 is 0 Å². The van der Waals surface area contributed by atoms with E-state index in [0.717, 1.165) is 25.8 Å². The maximum absolute atomic E-state index is 12.3. The Bertz CT molecular complexity index is 586. The SMILES string of the molecule is O=C(CN1CCCCC1C1OCCO1)Nc1ccc([N+](=O)[O-])cc1. The van der Waals surface area contributed by atoms with Crippen molar-refractivity contribution in [3.63, 3.8) is 0 Å². The van der Waals surface area contributed by atoms with Gasteiger partial charge in [-0.15, -0.1) is 0 Å². The zero-order valence-corrected chi connectivity index (χ0v) is 13.3. The molecule has 2 aliphatic rings. The van der Waals surface area contributed by atoms with E-state index in [1.165, 1.54) is 24.3 Å². The molecule has 2 saturated heterocycles. The van der Waals surface area contributed by atoms with Crippen LogP contribution in [0.5, 0.6) is 0 Å². The van der Waals surface area contributed by atoms with Crippen molar-refractivity contribution < 1.29 is 19.2 Å². The highest BCUT2D eigenvalue weighted by Crippen LogP contribution is 2.24. The molecular formula is C16H21N3O5. The second-order valence-electron chi connectivity index (χ2n) is 6.00. The van der Waals surface area contributed by atoms with Crippen LogP contribution < -0.4 is 5.32 Å². The number of amides is 1. The number of carbonyl (C=O) groups is 1. The smallest absolute Gasteiger partial charge is 0.269 e. The van der Waals surface area contributed by atoms with Crippen molar-refractivity contribution in [1.29, 1.82) is 0 Å². The van der Waals surface area contributed by atoms with Gasteiger partial charge in [-0.3, -0.25) is 19.8 Å². The number of rotatable bonds is 5. The van der Waals surface area contributed by atoms with Crippen molar-refractivity contribution in [3.8, 4) is 0 Å². The molecule has 8 heteroatoms. The zero-order chi connectivity index (χ0) is 16.9. The number of ether oxygens (including phenoxy) is 2. The molecule has 24 heavy (non-hydrogen) atoms. The van der Waals surface area contributed by atoms with Crippen LogP contribution in [-0.4, -0.2) is 54.4 Å². The Morgan fingerprint density at radius 3 is 2.62 bits per heavy atom. The lowest BCUT2D eigenvalue weighted by Gasteiger charge is -2.37. The summed E-state index contributed by atoms with van der Waals surface area (Å²) in [6.07, 6.45) is 2.86. The Morgan fingerprint density at radius 1 is 1.25 bits per heavy atom. The molecule has 0 saturated carbocycles. The normalized spacial score (nSPS) is 22.4. The summed E-state index contributed by atoms with van der Waals surface area (Å²) in [6.45, 7) is 2.29. The predicted molar refractivity (Wildman–Crippen MR) is 86.6 cm³/mol. The minimum Gasteiger partial charge on any atom is -0.349 e. The number of nitrogens with zero attached hydrogens (tertiary/aromatic N) is 2. The molecule has 1 unspecified atom stereocenters. The predicted octanol–water partition coefficient (Wildman–Crippen LogP) is 1.76. The number of hydrogen-bond acceptors (Lipinski definition) is 6. The molecule has 8 nitrogen and oxygen atoms in total. The van der Waals surface area contributed by atoms with Gasteiger partial charge in [-0.1, -0.05) is 6.42 Å². The fraction of sp³-hybridized carbons (Fsp3) is 0.562. The van der Waals surface area contributed by atoms with Crippen LogP contribution in [0.3, 0.4) is 0 Å². The molecule has 1 N–H and O–H groups in total. The first-order valence-corrected chi connectivity index (χ1v) is 8.15. The van der Waals surface area contributed by atoms with E-state index in [2.05, 4.69) is 10.2 Å². The Hall–Kier alpha value is -2.03. The molecule has 0 aliphatic carbocycles. The third-order valence-electron chi connectivity index (χ3n) is 4.33. The first-order chi connectivity index (χ1) is 11.6. The van der Waals surface area contributed by atoms with E-state index in [4.69, 9.17) is 9.47 Å². The molecule has 0 bridgehead atoms. The lowest BCUT2D eigenvalue weighted by atomic mass is 10.0. The van der Waals surface area contributed by atoms with Gasteiger partial charge in [-0.25, -0.2) is 0 Å². The van der Waals surface area contributed by atoms with E-state index in [-0.39, 0.29) is 30.5 Å². The van der Waals surface area contributed by atoms with Gasteiger partial charge in [0.15, 0.2) is 6.29 Å². The van der Waals surface area contributed by atoms with Gasteiger partial charge in [-0.05, 0) is 31.5 Å². The van der Waals surface area contributed by atoms with Crippen molar-refractivity contribution in [2.24, 2.45) is 0 Å². The van der Waals surface area contributed by atoms with E-state index in [1.54, 1.807) is 0 Å². The van der Waals surface area contributed by atoms with Crippen LogP contribution in [0.4, 0.5) is 11.4 Å². The number of nitro groups is 1. The fourth-order valence-corrected chi connectivity index (χ4v) is 3.17. The van der Waals surface area contributed by atoms with Crippen LogP contribution in [0.1, 0.15) is 19.3 Å². The van der Waals surface area contributed by atoms with Gasteiger partial charge >= 0.3 is 0 Å².